The Hall–Kier alpha value is -0.800. The van der Waals surface area contributed by atoms with Crippen molar-refractivity contribution >= 4 is 48.0 Å². The highest BCUT2D eigenvalue weighted by Crippen LogP contribution is 2.82. The van der Waals surface area contributed by atoms with Gasteiger partial charge in [0.2, 0.25) is 0 Å². The van der Waals surface area contributed by atoms with Crippen LogP contribution < -0.4 is 4.74 Å². The molecule has 2 aromatic carbocycles. The highest BCUT2D eigenvalue weighted by atomic mass is 32.3. The van der Waals surface area contributed by atoms with Crippen LogP contribution in [0.25, 0.3) is 0 Å². The first-order chi connectivity index (χ1) is 12.5. The van der Waals surface area contributed by atoms with Crippen LogP contribution in [-0.4, -0.2) is 39.0 Å². The van der Waals surface area contributed by atoms with Gasteiger partial charge in [-0.05, 0) is 29.1 Å². The van der Waals surface area contributed by atoms with Crippen molar-refractivity contribution < 1.29 is 4.74 Å². The lowest BCUT2D eigenvalue weighted by Crippen LogP contribution is -2.47. The number of aryl methyl sites for hydroxylation is 1. The van der Waals surface area contributed by atoms with Crippen molar-refractivity contribution in [2.75, 3.05) is 0 Å². The maximum Gasteiger partial charge on any atom is 0.145 e. The number of fused-ring (bicyclic) bond motifs is 2. The Bertz CT molecular complexity index is 845. The third kappa shape index (κ3) is 2.75. The summed E-state index contributed by atoms with van der Waals surface area (Å²) >= 11 is 0. The molecule has 0 saturated heterocycles. The second kappa shape index (κ2) is 6.91. The molecule has 3 rings (SSSR count). The van der Waals surface area contributed by atoms with Gasteiger partial charge in [0, 0.05) is 11.1 Å². The zero-order chi connectivity index (χ0) is 20.2. The lowest BCUT2D eigenvalue weighted by molar-refractivity contribution is 0.451. The summed E-state index contributed by atoms with van der Waals surface area (Å²) in [6.45, 7) is 11.9. The summed E-state index contributed by atoms with van der Waals surface area (Å²) in [6.07, 6.45) is 0. The minimum absolute atomic E-state index is 0.0124. The predicted molar refractivity (Wildman–Crippen MR) is 138 cm³/mol. The van der Waals surface area contributed by atoms with Crippen molar-refractivity contribution in [2.24, 2.45) is 0 Å². The molecule has 0 unspecified atom stereocenters. The van der Waals surface area contributed by atoms with Gasteiger partial charge in [-0.1, -0.05) is 64.1 Å². The van der Waals surface area contributed by atoms with Gasteiger partial charge in [-0.15, -0.1) is 0 Å². The zero-order valence-electron chi connectivity index (χ0n) is 18.4. The Kier molecular flexibility index (Phi) is 5.36. The van der Waals surface area contributed by atoms with Gasteiger partial charge in [0.15, 0.2) is 0 Å². The fourth-order valence-electron chi connectivity index (χ4n) is 4.48. The average Bonchev–Trinajstić information content (AvgIpc) is 2.59. The average molecular weight is 396 g/mol. The van der Waals surface area contributed by atoms with Crippen LogP contribution in [0.2, 0.25) is 0 Å². The lowest BCUT2D eigenvalue weighted by Gasteiger charge is -2.68. The van der Waals surface area contributed by atoms with Crippen molar-refractivity contribution in [1.29, 1.82) is 0 Å². The fraction of sp³-hybridized carbons (Fsp3) is 0.400. The van der Waals surface area contributed by atoms with Crippen molar-refractivity contribution in [3.63, 3.8) is 0 Å². The van der Waals surface area contributed by atoms with Crippen LogP contribution in [0.3, 0.4) is 0 Å². The molecular weight excluding hydrogens is 364 g/mol. The third-order valence-electron chi connectivity index (χ3n) is 6.86. The van der Waals surface area contributed by atoms with E-state index in [0.717, 1.165) is 11.5 Å². The molecule has 0 atom stereocenters. The molecule has 1 aliphatic rings. The first kappa shape index (κ1) is 20.9. The van der Waals surface area contributed by atoms with Crippen LogP contribution in [0.5, 0.6) is 11.5 Å². The van der Waals surface area contributed by atoms with E-state index in [4.69, 9.17) is 4.74 Å². The molecule has 0 N–H and O–H groups in total. The minimum Gasteiger partial charge on any atom is -0.456 e. The summed E-state index contributed by atoms with van der Waals surface area (Å²) < 4.78 is 6.55. The number of para-hydroxylation sites is 2. The quantitative estimate of drug-likeness (QED) is 0.723. The first-order valence-electron chi connectivity index (χ1n) is 9.80. The molecule has 1 nitrogen and oxygen atoms in total. The molecule has 0 aliphatic carbocycles. The maximum absolute atomic E-state index is 6.54. The van der Waals surface area contributed by atoms with E-state index in [1.165, 1.54) is 16.7 Å². The second-order valence-electron chi connectivity index (χ2n) is 9.08. The Morgan fingerprint density at radius 3 is 1.85 bits per heavy atom. The predicted octanol–water partition coefficient (Wildman–Crippen LogP) is 2.92. The standard InChI is InChI=1S/C20H32B4OS2/c1-13(2)26(21,22)20(27(23,24)14(3)4)16-10-6-7-12-18(16)25-19-15(5)9-8-11-17(19)20/h6-14H,21-24H2,1-5H3. The zero-order valence-corrected chi connectivity index (χ0v) is 20.1. The molecule has 2 aromatic rings. The summed E-state index contributed by atoms with van der Waals surface area (Å²) in [6, 6.07) is 15.6. The van der Waals surface area contributed by atoms with Gasteiger partial charge in [0.1, 0.15) is 40.0 Å². The van der Waals surface area contributed by atoms with Crippen LogP contribution in [0, 0.1) is 6.92 Å². The van der Waals surface area contributed by atoms with E-state index < -0.39 is 19.5 Å². The molecule has 1 heterocycles. The summed E-state index contributed by atoms with van der Waals surface area (Å²) in [4.78, 5) is 0. The van der Waals surface area contributed by atoms with E-state index in [1.807, 2.05) is 0 Å². The highest BCUT2D eigenvalue weighted by Gasteiger charge is 2.57. The Balaban J connectivity index is 2.56. The van der Waals surface area contributed by atoms with Crippen molar-refractivity contribution in [3.8, 4) is 11.5 Å². The number of benzene rings is 2. The molecular formula is C20H32B4OS2. The molecule has 0 saturated carbocycles. The molecule has 142 valence electrons. The second-order valence-corrected chi connectivity index (χ2v) is 18.1. The van der Waals surface area contributed by atoms with Crippen LogP contribution in [0.1, 0.15) is 44.4 Å². The summed E-state index contributed by atoms with van der Waals surface area (Å²) in [5.74, 6) is 2.15. The van der Waals surface area contributed by atoms with Gasteiger partial charge in [0.05, 0.1) is 4.08 Å². The van der Waals surface area contributed by atoms with Crippen molar-refractivity contribution in [3.05, 3.63) is 59.2 Å². The molecule has 7 heteroatoms. The van der Waals surface area contributed by atoms with E-state index in [9.17, 15) is 0 Å². The minimum atomic E-state index is -1.05. The van der Waals surface area contributed by atoms with Gasteiger partial charge in [-0.2, -0.15) is 0 Å². The normalized spacial score (nSPS) is 17.1. The van der Waals surface area contributed by atoms with Gasteiger partial charge >= 0.3 is 0 Å². The van der Waals surface area contributed by atoms with Crippen LogP contribution in [0.4, 0.5) is 0 Å². The Morgan fingerprint density at radius 2 is 1.30 bits per heavy atom. The largest absolute Gasteiger partial charge is 0.456 e. The molecule has 0 bridgehead atoms. The molecule has 0 radical (unpaired) electrons. The topological polar surface area (TPSA) is 9.23 Å². The van der Waals surface area contributed by atoms with E-state index in [2.05, 4.69) is 106 Å². The molecule has 27 heavy (non-hydrogen) atoms. The Morgan fingerprint density at radius 1 is 0.778 bits per heavy atom. The molecule has 0 aromatic heterocycles. The SMILES string of the molecule is BS(B)(C(C)C)C1(S(B)(B)C(C)C)c2ccccc2Oc2c(C)cccc21. The highest BCUT2D eigenvalue weighted by molar-refractivity contribution is 8.78. The number of hydrogen-bond acceptors (Lipinski definition) is 1. The van der Waals surface area contributed by atoms with Gasteiger partial charge in [0.25, 0.3) is 0 Å². The molecule has 0 spiro atoms. The number of rotatable bonds is 4. The van der Waals surface area contributed by atoms with Crippen molar-refractivity contribution in [1.82, 2.24) is 0 Å². The van der Waals surface area contributed by atoms with E-state index in [0.29, 0.717) is 10.5 Å². The van der Waals surface area contributed by atoms with Crippen molar-refractivity contribution in [2.45, 2.75) is 49.2 Å². The number of ether oxygens (including phenoxy) is 1. The molecule has 1 aliphatic heterocycles. The smallest absolute Gasteiger partial charge is 0.145 e. The van der Waals surface area contributed by atoms with Gasteiger partial charge < -0.3 is 4.74 Å². The maximum atomic E-state index is 6.54. The van der Waals surface area contributed by atoms with Crippen LogP contribution in [0.15, 0.2) is 42.5 Å². The lowest BCUT2D eigenvalue weighted by atomic mass is 9.97. The van der Waals surface area contributed by atoms with E-state index in [1.54, 1.807) is 0 Å². The van der Waals surface area contributed by atoms with Crippen LogP contribution in [-0.2, 0) is 4.08 Å². The van der Waals surface area contributed by atoms with Gasteiger partial charge in [-0.25, -0.2) is 0 Å². The summed E-state index contributed by atoms with van der Waals surface area (Å²) in [7, 11) is 8.13. The van der Waals surface area contributed by atoms with E-state index in [-0.39, 0.29) is 4.08 Å². The first-order valence-corrected chi connectivity index (χ1v) is 14.8. The fourth-order valence-corrected chi connectivity index (χ4v) is 14.3. The van der Waals surface area contributed by atoms with Crippen LogP contribution >= 0.6 is 19.5 Å². The number of hydrogen-bond donors (Lipinski definition) is 0. The Labute approximate surface area is 172 Å². The molecule has 0 fully saturated rings. The van der Waals surface area contributed by atoms with Gasteiger partial charge in [-0.3, -0.25) is 19.5 Å². The monoisotopic (exact) mass is 396 g/mol. The molecule has 0 amide bonds. The third-order valence-corrected chi connectivity index (χ3v) is 18.0. The summed E-state index contributed by atoms with van der Waals surface area (Å²) in [5.41, 5.74) is 4.07. The summed E-state index contributed by atoms with van der Waals surface area (Å²) in [5, 5.41) is 1.23. The van der Waals surface area contributed by atoms with E-state index >= 15 is 0 Å².